The number of likely N-dealkylation sites (N-methyl/N-ethyl adjacent to an activating group) is 1. The average molecular weight is 364 g/mol. The van der Waals surface area contributed by atoms with E-state index in [-0.39, 0.29) is 6.04 Å². The van der Waals surface area contributed by atoms with Crippen molar-refractivity contribution in [2.24, 2.45) is 0 Å². The molecule has 0 bridgehead atoms. The lowest BCUT2D eigenvalue weighted by atomic mass is 10.0. The van der Waals surface area contributed by atoms with Gasteiger partial charge in [-0.1, -0.05) is 13.3 Å². The van der Waals surface area contributed by atoms with Gasteiger partial charge in [0.05, 0.1) is 6.54 Å². The van der Waals surface area contributed by atoms with Crippen LogP contribution in [0.2, 0.25) is 0 Å². The zero-order valence-corrected chi connectivity index (χ0v) is 16.2. The number of amides is 2. The van der Waals surface area contributed by atoms with Gasteiger partial charge < -0.3 is 20.4 Å². The first-order valence-corrected chi connectivity index (χ1v) is 9.50. The van der Waals surface area contributed by atoms with E-state index in [1.807, 2.05) is 14.1 Å². The third kappa shape index (κ3) is 6.76. The summed E-state index contributed by atoms with van der Waals surface area (Å²) in [5.41, 5.74) is 0. The van der Waals surface area contributed by atoms with Crippen LogP contribution in [0.4, 0.5) is 5.82 Å². The number of nitrogens with zero attached hydrogens (tertiary/aromatic N) is 4. The van der Waals surface area contributed by atoms with Crippen molar-refractivity contribution in [3.05, 3.63) is 12.3 Å². The fourth-order valence-electron chi connectivity index (χ4n) is 2.96. The second-order valence-corrected chi connectivity index (χ2v) is 7.16. The van der Waals surface area contributed by atoms with E-state index in [1.54, 1.807) is 16.9 Å². The van der Waals surface area contributed by atoms with Crippen LogP contribution in [0.15, 0.2) is 12.3 Å². The standard InChI is InChI=1S/C18H32N6O2/c1-4-5-9-23-10-6-15(7-11-23)19-17(25)18(26)20-16-8-12-24(21-16)14-13-22(2)3/h8,12,15H,4-7,9-11,13-14H2,1-3H3,(H,19,25)(H,20,21,26). The molecule has 2 N–H and O–H groups in total. The maximum absolute atomic E-state index is 12.1. The molecule has 0 aliphatic carbocycles. The van der Waals surface area contributed by atoms with Gasteiger partial charge in [0, 0.05) is 37.9 Å². The van der Waals surface area contributed by atoms with Crippen LogP contribution in [0.1, 0.15) is 32.6 Å². The molecule has 0 atom stereocenters. The predicted molar refractivity (Wildman–Crippen MR) is 102 cm³/mol. The molecule has 1 aliphatic rings. The molecule has 0 unspecified atom stereocenters. The van der Waals surface area contributed by atoms with Gasteiger partial charge in [-0.3, -0.25) is 14.3 Å². The van der Waals surface area contributed by atoms with Gasteiger partial charge in [-0.2, -0.15) is 5.10 Å². The summed E-state index contributed by atoms with van der Waals surface area (Å²) in [7, 11) is 3.98. The highest BCUT2D eigenvalue weighted by molar-refractivity contribution is 6.39. The van der Waals surface area contributed by atoms with Crippen LogP contribution in [-0.2, 0) is 16.1 Å². The van der Waals surface area contributed by atoms with Crippen LogP contribution in [0.3, 0.4) is 0 Å². The molecular weight excluding hydrogens is 332 g/mol. The van der Waals surface area contributed by atoms with Crippen molar-refractivity contribution in [1.29, 1.82) is 0 Å². The quantitative estimate of drug-likeness (QED) is 0.666. The van der Waals surface area contributed by atoms with Crippen molar-refractivity contribution in [2.45, 2.75) is 45.2 Å². The Labute approximate surface area is 155 Å². The molecule has 26 heavy (non-hydrogen) atoms. The van der Waals surface area contributed by atoms with E-state index in [0.717, 1.165) is 45.6 Å². The normalized spacial score (nSPS) is 16.0. The lowest BCUT2D eigenvalue weighted by molar-refractivity contribution is -0.136. The Morgan fingerprint density at radius 1 is 1.23 bits per heavy atom. The highest BCUT2D eigenvalue weighted by Crippen LogP contribution is 2.11. The van der Waals surface area contributed by atoms with E-state index in [1.165, 1.54) is 12.8 Å². The second kappa shape index (κ2) is 10.3. The summed E-state index contributed by atoms with van der Waals surface area (Å²) >= 11 is 0. The van der Waals surface area contributed by atoms with Crippen LogP contribution in [0, 0.1) is 0 Å². The summed E-state index contributed by atoms with van der Waals surface area (Å²) in [6.07, 6.45) is 5.98. The van der Waals surface area contributed by atoms with E-state index in [9.17, 15) is 9.59 Å². The van der Waals surface area contributed by atoms with E-state index in [0.29, 0.717) is 5.82 Å². The van der Waals surface area contributed by atoms with E-state index >= 15 is 0 Å². The smallest absolute Gasteiger partial charge is 0.314 e. The highest BCUT2D eigenvalue weighted by atomic mass is 16.2. The van der Waals surface area contributed by atoms with Crippen molar-refractivity contribution >= 4 is 17.6 Å². The molecule has 2 amide bonds. The first-order valence-electron chi connectivity index (χ1n) is 9.50. The van der Waals surface area contributed by atoms with Crippen LogP contribution in [-0.4, -0.2) is 77.7 Å². The zero-order chi connectivity index (χ0) is 18.9. The summed E-state index contributed by atoms with van der Waals surface area (Å²) in [6.45, 7) is 6.84. The zero-order valence-electron chi connectivity index (χ0n) is 16.2. The number of nitrogens with one attached hydrogen (secondary N) is 2. The summed E-state index contributed by atoms with van der Waals surface area (Å²) in [5, 5.41) is 9.67. The largest absolute Gasteiger partial charge is 0.345 e. The number of carbonyl (C=O) groups is 2. The molecule has 1 aliphatic heterocycles. The number of hydrogen-bond donors (Lipinski definition) is 2. The second-order valence-electron chi connectivity index (χ2n) is 7.16. The summed E-state index contributed by atoms with van der Waals surface area (Å²) in [6, 6.07) is 1.77. The molecule has 0 spiro atoms. The van der Waals surface area contributed by atoms with E-state index < -0.39 is 11.8 Å². The fraction of sp³-hybridized carbons (Fsp3) is 0.722. The van der Waals surface area contributed by atoms with E-state index in [2.05, 4.69) is 32.5 Å². The van der Waals surface area contributed by atoms with Gasteiger partial charge in [-0.05, 0) is 39.9 Å². The Hall–Kier alpha value is -1.93. The topological polar surface area (TPSA) is 82.5 Å². The maximum atomic E-state index is 12.1. The van der Waals surface area contributed by atoms with Gasteiger partial charge in [-0.25, -0.2) is 0 Å². The minimum Gasteiger partial charge on any atom is -0.345 e. The van der Waals surface area contributed by atoms with Crippen molar-refractivity contribution in [1.82, 2.24) is 24.9 Å². The molecule has 0 radical (unpaired) electrons. The van der Waals surface area contributed by atoms with Gasteiger partial charge in [0.1, 0.15) is 0 Å². The van der Waals surface area contributed by atoms with Gasteiger partial charge >= 0.3 is 11.8 Å². The molecule has 2 rings (SSSR count). The third-order valence-corrected chi connectivity index (χ3v) is 4.62. The summed E-state index contributed by atoms with van der Waals surface area (Å²) < 4.78 is 1.75. The number of aromatic nitrogens is 2. The fourth-order valence-corrected chi connectivity index (χ4v) is 2.96. The lowest BCUT2D eigenvalue weighted by Crippen LogP contribution is -2.47. The number of likely N-dealkylation sites (tertiary alicyclic amines) is 1. The average Bonchev–Trinajstić information content (AvgIpc) is 3.06. The summed E-state index contributed by atoms with van der Waals surface area (Å²) in [4.78, 5) is 28.7. The Morgan fingerprint density at radius 3 is 2.62 bits per heavy atom. The summed E-state index contributed by atoms with van der Waals surface area (Å²) in [5.74, 6) is -0.839. The SMILES string of the molecule is CCCCN1CCC(NC(=O)C(=O)Nc2ccn(CCN(C)C)n2)CC1. The van der Waals surface area contributed by atoms with E-state index in [4.69, 9.17) is 0 Å². The molecule has 1 aromatic rings. The number of unbranched alkanes of at least 4 members (excludes halogenated alkanes) is 1. The molecule has 8 nitrogen and oxygen atoms in total. The van der Waals surface area contributed by atoms with Crippen LogP contribution < -0.4 is 10.6 Å². The molecular formula is C18H32N6O2. The maximum Gasteiger partial charge on any atom is 0.314 e. The molecule has 2 heterocycles. The Bertz CT molecular complexity index is 578. The van der Waals surface area contributed by atoms with Crippen molar-refractivity contribution in [3.63, 3.8) is 0 Å². The first kappa shape index (κ1) is 20.4. The molecule has 0 aromatic carbocycles. The van der Waals surface area contributed by atoms with Crippen LogP contribution in [0.25, 0.3) is 0 Å². The minimum atomic E-state index is -0.656. The Morgan fingerprint density at radius 2 is 1.96 bits per heavy atom. The van der Waals surface area contributed by atoms with Crippen molar-refractivity contribution in [2.75, 3.05) is 45.6 Å². The lowest BCUT2D eigenvalue weighted by Gasteiger charge is -2.32. The third-order valence-electron chi connectivity index (χ3n) is 4.62. The Kier molecular flexibility index (Phi) is 8.06. The molecule has 1 fully saturated rings. The highest BCUT2D eigenvalue weighted by Gasteiger charge is 2.23. The Balaban J connectivity index is 1.72. The number of anilines is 1. The number of piperidine rings is 1. The van der Waals surface area contributed by atoms with Gasteiger partial charge in [0.15, 0.2) is 5.82 Å². The van der Waals surface area contributed by atoms with Crippen LogP contribution >= 0.6 is 0 Å². The van der Waals surface area contributed by atoms with Crippen molar-refractivity contribution < 1.29 is 9.59 Å². The first-order chi connectivity index (χ1) is 12.5. The number of hydrogen-bond acceptors (Lipinski definition) is 5. The van der Waals surface area contributed by atoms with Gasteiger partial charge in [0.2, 0.25) is 0 Å². The van der Waals surface area contributed by atoms with Gasteiger partial charge in [0.25, 0.3) is 0 Å². The number of rotatable bonds is 8. The van der Waals surface area contributed by atoms with Crippen LogP contribution in [0.5, 0.6) is 0 Å². The monoisotopic (exact) mass is 364 g/mol. The predicted octanol–water partition coefficient (Wildman–Crippen LogP) is 0.764. The molecule has 1 saturated heterocycles. The molecule has 1 aromatic heterocycles. The van der Waals surface area contributed by atoms with Crippen molar-refractivity contribution in [3.8, 4) is 0 Å². The number of carbonyl (C=O) groups excluding carboxylic acids is 2. The van der Waals surface area contributed by atoms with Gasteiger partial charge in [-0.15, -0.1) is 0 Å². The minimum absolute atomic E-state index is 0.0729. The molecule has 8 heteroatoms. The molecule has 146 valence electrons. The molecule has 0 saturated carbocycles.